The predicted molar refractivity (Wildman–Crippen MR) is 94.6 cm³/mol. The summed E-state index contributed by atoms with van der Waals surface area (Å²) in [7, 11) is 0. The van der Waals surface area contributed by atoms with Crippen molar-refractivity contribution in [2.45, 2.75) is 80.1 Å². The lowest BCUT2D eigenvalue weighted by atomic mass is 9.69. The Kier molecular flexibility index (Phi) is 7.18. The average Bonchev–Trinajstić information content (AvgIpc) is 2.43. The highest BCUT2D eigenvalue weighted by molar-refractivity contribution is 5.91. The molecule has 1 saturated heterocycles. The van der Waals surface area contributed by atoms with E-state index in [0.717, 1.165) is 19.3 Å². The van der Waals surface area contributed by atoms with E-state index in [4.69, 9.17) is 4.74 Å². The van der Waals surface area contributed by atoms with E-state index in [0.29, 0.717) is 13.0 Å². The summed E-state index contributed by atoms with van der Waals surface area (Å²) in [4.78, 5) is 37.7. The van der Waals surface area contributed by atoms with E-state index in [1.54, 1.807) is 0 Å². The van der Waals surface area contributed by atoms with E-state index < -0.39 is 5.92 Å². The van der Waals surface area contributed by atoms with Crippen LogP contribution < -0.4 is 0 Å². The molecule has 0 amide bonds. The van der Waals surface area contributed by atoms with Crippen molar-refractivity contribution in [3.63, 3.8) is 0 Å². The Bertz CT molecular complexity index is 465. The van der Waals surface area contributed by atoms with Crippen molar-refractivity contribution in [1.29, 1.82) is 0 Å². The van der Waals surface area contributed by atoms with Crippen LogP contribution in [0.25, 0.3) is 0 Å². The first kappa shape index (κ1) is 20.9. The maximum absolute atomic E-state index is 13.0. The molecule has 1 aliphatic heterocycles. The number of hydrogen-bond acceptors (Lipinski definition) is 4. The third kappa shape index (κ3) is 6.37. The van der Waals surface area contributed by atoms with Gasteiger partial charge < -0.3 is 4.74 Å². The monoisotopic (exact) mass is 338 g/mol. The lowest BCUT2D eigenvalue weighted by Crippen LogP contribution is -2.37. The number of hydrogen-bond donors (Lipinski definition) is 0. The number of ether oxygens (including phenoxy) is 1. The first-order valence-electron chi connectivity index (χ1n) is 9.14. The lowest BCUT2D eigenvalue weighted by molar-refractivity contribution is -0.149. The Morgan fingerprint density at radius 3 is 1.83 bits per heavy atom. The molecule has 1 fully saturated rings. The van der Waals surface area contributed by atoms with Crippen molar-refractivity contribution in [2.75, 3.05) is 6.61 Å². The van der Waals surface area contributed by atoms with Crippen molar-refractivity contribution in [2.24, 2.45) is 22.7 Å². The Morgan fingerprint density at radius 2 is 1.29 bits per heavy atom. The van der Waals surface area contributed by atoms with E-state index in [1.807, 2.05) is 41.5 Å². The third-order valence-corrected chi connectivity index (χ3v) is 4.97. The van der Waals surface area contributed by atoms with Crippen LogP contribution in [0.2, 0.25) is 0 Å². The number of ketones is 2. The smallest absolute Gasteiger partial charge is 0.306 e. The minimum absolute atomic E-state index is 0.00646. The summed E-state index contributed by atoms with van der Waals surface area (Å²) < 4.78 is 5.27. The van der Waals surface area contributed by atoms with Crippen LogP contribution in [0.5, 0.6) is 0 Å². The molecule has 24 heavy (non-hydrogen) atoms. The van der Waals surface area contributed by atoms with Crippen LogP contribution in [-0.4, -0.2) is 24.1 Å². The molecule has 0 aromatic rings. The van der Waals surface area contributed by atoms with Crippen LogP contribution in [-0.2, 0) is 19.1 Å². The number of rotatable bonds is 0. The van der Waals surface area contributed by atoms with Crippen LogP contribution in [0, 0.1) is 22.7 Å². The fraction of sp³-hybridized carbons (Fsp3) is 0.850. The fourth-order valence-corrected chi connectivity index (χ4v) is 3.31. The second kappa shape index (κ2) is 8.26. The van der Waals surface area contributed by atoms with Crippen LogP contribution >= 0.6 is 0 Å². The van der Waals surface area contributed by atoms with Crippen molar-refractivity contribution in [3.8, 4) is 0 Å². The molecule has 1 heterocycles. The van der Waals surface area contributed by atoms with E-state index >= 15 is 0 Å². The zero-order valence-corrected chi connectivity index (χ0v) is 16.2. The van der Waals surface area contributed by atoms with Gasteiger partial charge in [-0.2, -0.15) is 0 Å². The molecule has 1 rings (SSSR count). The lowest BCUT2D eigenvalue weighted by Gasteiger charge is -2.33. The van der Waals surface area contributed by atoms with Gasteiger partial charge >= 0.3 is 5.97 Å². The molecule has 2 unspecified atom stereocenters. The fourth-order valence-electron chi connectivity index (χ4n) is 3.31. The molecular formula is C20H34O4. The van der Waals surface area contributed by atoms with E-state index in [-0.39, 0.29) is 47.1 Å². The maximum Gasteiger partial charge on any atom is 0.306 e. The predicted octanol–water partition coefficient (Wildman–Crippen LogP) is 4.35. The highest BCUT2D eigenvalue weighted by Crippen LogP contribution is 2.36. The third-order valence-electron chi connectivity index (χ3n) is 4.97. The summed E-state index contributed by atoms with van der Waals surface area (Å²) in [5, 5.41) is 0. The highest BCUT2D eigenvalue weighted by Gasteiger charge is 2.39. The summed E-state index contributed by atoms with van der Waals surface area (Å²) in [6.07, 6.45) is 3.26. The van der Waals surface area contributed by atoms with E-state index in [2.05, 4.69) is 0 Å². The topological polar surface area (TPSA) is 60.4 Å². The van der Waals surface area contributed by atoms with Crippen molar-refractivity contribution < 1.29 is 19.1 Å². The normalized spacial score (nSPS) is 26.2. The molecule has 0 aliphatic carbocycles. The molecule has 0 spiro atoms. The highest BCUT2D eigenvalue weighted by atomic mass is 16.5. The Hall–Kier alpha value is -1.19. The van der Waals surface area contributed by atoms with E-state index in [1.165, 1.54) is 0 Å². The molecule has 4 nitrogen and oxygen atoms in total. The number of esters is 1. The largest absolute Gasteiger partial charge is 0.466 e. The van der Waals surface area contributed by atoms with E-state index in [9.17, 15) is 14.4 Å². The van der Waals surface area contributed by atoms with Gasteiger partial charge in [-0.15, -0.1) is 0 Å². The van der Waals surface area contributed by atoms with Gasteiger partial charge in [-0.3, -0.25) is 14.4 Å². The number of carbonyl (C=O) groups is 3. The summed E-state index contributed by atoms with van der Waals surface area (Å²) >= 11 is 0. The molecule has 0 aromatic heterocycles. The van der Waals surface area contributed by atoms with Crippen LogP contribution in [0.1, 0.15) is 80.1 Å². The average molecular weight is 338 g/mol. The Balaban J connectivity index is 3.09. The van der Waals surface area contributed by atoms with Gasteiger partial charge in [-0.25, -0.2) is 0 Å². The molecule has 0 aromatic carbocycles. The molecule has 1 aliphatic rings. The summed E-state index contributed by atoms with van der Waals surface area (Å²) in [5.41, 5.74) is -0.586. The maximum atomic E-state index is 13.0. The quantitative estimate of drug-likeness (QED) is 0.616. The summed E-state index contributed by atoms with van der Waals surface area (Å²) in [6.45, 7) is 12.3. The van der Waals surface area contributed by atoms with Gasteiger partial charge in [0.2, 0.25) is 0 Å². The Morgan fingerprint density at radius 1 is 0.750 bits per heavy atom. The first-order chi connectivity index (χ1) is 10.9. The SMILES string of the molecule is CC(C)(C)C1CC(=O)OCCCCCC(=O)C(C(C)(C)C)CC1=O. The van der Waals surface area contributed by atoms with Crippen LogP contribution in [0.15, 0.2) is 0 Å². The van der Waals surface area contributed by atoms with Gasteiger partial charge in [0, 0.05) is 24.7 Å². The minimum atomic E-state index is -0.414. The van der Waals surface area contributed by atoms with Gasteiger partial charge in [0.15, 0.2) is 0 Å². The molecule has 0 saturated carbocycles. The minimum Gasteiger partial charge on any atom is -0.466 e. The number of Topliss-reactive ketones (excluding diaryl/α,β-unsaturated/α-hetero) is 2. The molecule has 138 valence electrons. The number of carbonyl (C=O) groups excluding carboxylic acids is 3. The van der Waals surface area contributed by atoms with Gasteiger partial charge in [-0.05, 0) is 30.1 Å². The summed E-state index contributed by atoms with van der Waals surface area (Å²) in [6, 6.07) is 0. The zero-order chi connectivity index (χ0) is 18.5. The van der Waals surface area contributed by atoms with Gasteiger partial charge in [0.25, 0.3) is 0 Å². The molecule has 0 N–H and O–H groups in total. The standard InChI is InChI=1S/C20H34O4/c1-19(2,3)14-12-17(22)15(20(4,5)6)13-18(23)24-11-9-7-8-10-16(14)21/h14-15H,7-13H2,1-6H3. The number of cyclic esters (lactones) is 1. The molecular weight excluding hydrogens is 304 g/mol. The van der Waals surface area contributed by atoms with Gasteiger partial charge in [0.1, 0.15) is 11.6 Å². The van der Waals surface area contributed by atoms with Gasteiger partial charge in [0.05, 0.1) is 13.0 Å². The van der Waals surface area contributed by atoms with Crippen LogP contribution in [0.3, 0.4) is 0 Å². The molecule has 0 bridgehead atoms. The van der Waals surface area contributed by atoms with Crippen molar-refractivity contribution in [1.82, 2.24) is 0 Å². The first-order valence-corrected chi connectivity index (χ1v) is 9.14. The molecule has 2 atom stereocenters. The second-order valence-electron chi connectivity index (χ2n) is 9.21. The van der Waals surface area contributed by atoms with Crippen molar-refractivity contribution in [3.05, 3.63) is 0 Å². The molecule has 4 heteroatoms. The molecule has 0 radical (unpaired) electrons. The van der Waals surface area contributed by atoms with Crippen molar-refractivity contribution >= 4 is 17.5 Å². The van der Waals surface area contributed by atoms with Gasteiger partial charge in [-0.1, -0.05) is 41.5 Å². The zero-order valence-electron chi connectivity index (χ0n) is 16.2. The summed E-state index contributed by atoms with van der Waals surface area (Å²) in [5.74, 6) is -0.821. The second-order valence-corrected chi connectivity index (χ2v) is 9.21. The Labute approximate surface area is 146 Å². The van der Waals surface area contributed by atoms with Crippen LogP contribution in [0.4, 0.5) is 0 Å².